The van der Waals surface area contributed by atoms with E-state index in [-0.39, 0.29) is 6.42 Å². The van der Waals surface area contributed by atoms with Crippen LogP contribution in [0.4, 0.5) is 5.69 Å². The smallest absolute Gasteiger partial charge is 0.397 e. The molecule has 1 aliphatic heterocycles. The van der Waals surface area contributed by atoms with Crippen LogP contribution in [0.5, 0.6) is 0 Å². The molecule has 0 radical (unpaired) electrons. The lowest BCUT2D eigenvalue weighted by Gasteiger charge is -2.20. The molecule has 1 fully saturated rings. The molecule has 5 atom stereocenters. The van der Waals surface area contributed by atoms with Gasteiger partial charge in [-0.3, -0.25) is 9.09 Å². The number of pyridine rings is 1. The molecule has 1 saturated heterocycles. The molecule has 6 N–H and O–H groups in total. The Balaban J connectivity index is 1.73. The molecule has 19 nitrogen and oxygen atoms in total. The zero-order valence-electron chi connectivity index (χ0n) is 16.7. The van der Waals surface area contributed by atoms with Crippen molar-refractivity contribution in [3.8, 4) is 0 Å². The zero-order valence-corrected chi connectivity index (χ0v) is 19.4. The number of anilines is 1. The van der Waals surface area contributed by atoms with Gasteiger partial charge in [-0.25, -0.2) is 23.7 Å². The van der Waals surface area contributed by atoms with Crippen LogP contribution in [-0.4, -0.2) is 59.7 Å². The minimum Gasteiger partial charge on any atom is -0.397 e. The molecule has 0 bridgehead atoms. The number of rotatable bonds is 11. The molecule has 2 aromatic heterocycles. The van der Waals surface area contributed by atoms with Crippen LogP contribution in [0.25, 0.3) is 21.6 Å². The van der Waals surface area contributed by atoms with Gasteiger partial charge in [0.15, 0.2) is 5.65 Å². The SMILES string of the molecule is [N-]=[N+]=NCOC1CC(n2cnc3c(N)ccnc32)OC1COP(=O)(O)OP(=O)(O)OP(=O)(O)O. The Morgan fingerprint density at radius 1 is 1.24 bits per heavy atom. The van der Waals surface area contributed by atoms with E-state index in [2.05, 4.69) is 33.1 Å². The number of nitrogens with two attached hydrogens (primary N) is 1. The van der Waals surface area contributed by atoms with Crippen LogP contribution in [0.3, 0.4) is 0 Å². The quantitative estimate of drug-likeness (QED) is 0.115. The fraction of sp³-hybridized carbons (Fsp3) is 0.500. The minimum atomic E-state index is -5.68. The first-order chi connectivity index (χ1) is 15.8. The van der Waals surface area contributed by atoms with Crippen molar-refractivity contribution in [2.75, 3.05) is 19.1 Å². The monoisotopic (exact) mass is 545 g/mol. The first-order valence-corrected chi connectivity index (χ1v) is 13.5. The average Bonchev–Trinajstić information content (AvgIpc) is 3.28. The summed E-state index contributed by atoms with van der Waals surface area (Å²) in [5, 5.41) is 3.24. The highest BCUT2D eigenvalue weighted by atomic mass is 31.3. The molecule has 0 aliphatic carbocycles. The third-order valence-corrected chi connectivity index (χ3v) is 8.01. The Kier molecular flexibility index (Phi) is 8.12. The number of hydrogen-bond donors (Lipinski definition) is 5. The van der Waals surface area contributed by atoms with E-state index in [4.69, 9.17) is 30.5 Å². The summed E-state index contributed by atoms with van der Waals surface area (Å²) in [6.45, 7) is -1.18. The highest BCUT2D eigenvalue weighted by molar-refractivity contribution is 7.66. The number of imidazole rings is 1. The summed E-state index contributed by atoms with van der Waals surface area (Å²) >= 11 is 0. The summed E-state index contributed by atoms with van der Waals surface area (Å²) in [4.78, 5) is 47.0. The summed E-state index contributed by atoms with van der Waals surface area (Å²) in [7, 11) is -16.6. The Bertz CT molecular complexity index is 1230. The molecule has 3 heterocycles. The topological polar surface area (TPSA) is 284 Å². The molecule has 0 spiro atoms. The van der Waals surface area contributed by atoms with Crippen LogP contribution >= 0.6 is 23.5 Å². The largest absolute Gasteiger partial charge is 0.490 e. The van der Waals surface area contributed by atoms with Crippen LogP contribution in [0.1, 0.15) is 12.6 Å². The van der Waals surface area contributed by atoms with Gasteiger partial charge in [-0.05, 0) is 11.6 Å². The molecule has 22 heteroatoms. The first kappa shape index (κ1) is 26.7. The van der Waals surface area contributed by atoms with Crippen molar-refractivity contribution in [1.29, 1.82) is 0 Å². The van der Waals surface area contributed by atoms with Gasteiger partial charge in [-0.2, -0.15) is 8.62 Å². The summed E-state index contributed by atoms with van der Waals surface area (Å²) in [5.41, 5.74) is 15.4. The van der Waals surface area contributed by atoms with Gasteiger partial charge >= 0.3 is 23.5 Å². The van der Waals surface area contributed by atoms with Gasteiger partial charge in [-0.1, -0.05) is 5.11 Å². The van der Waals surface area contributed by atoms with E-state index < -0.39 is 55.2 Å². The molecule has 0 amide bonds. The lowest BCUT2D eigenvalue weighted by Crippen LogP contribution is -2.29. The van der Waals surface area contributed by atoms with E-state index in [0.29, 0.717) is 16.9 Å². The predicted octanol–water partition coefficient (Wildman–Crippen LogP) is 1.30. The molecule has 0 saturated carbocycles. The molecule has 1 aliphatic rings. The Morgan fingerprint density at radius 2 is 1.97 bits per heavy atom. The zero-order chi connectivity index (χ0) is 25.1. The summed E-state index contributed by atoms with van der Waals surface area (Å²) in [6, 6.07) is 1.55. The number of phosphoric acid groups is 3. The second-order valence-corrected chi connectivity index (χ2v) is 11.0. The molecule has 34 heavy (non-hydrogen) atoms. The highest BCUT2D eigenvalue weighted by Gasteiger charge is 2.43. The van der Waals surface area contributed by atoms with Crippen molar-refractivity contribution in [1.82, 2.24) is 14.5 Å². The summed E-state index contributed by atoms with van der Waals surface area (Å²) in [5.74, 6) is 0. The Hall–Kier alpha value is -1.94. The van der Waals surface area contributed by atoms with Crippen LogP contribution in [0.2, 0.25) is 0 Å². The third kappa shape index (κ3) is 7.04. The molecule has 188 valence electrons. The first-order valence-electron chi connectivity index (χ1n) is 8.93. The van der Waals surface area contributed by atoms with Crippen LogP contribution in [0.15, 0.2) is 23.7 Å². The van der Waals surface area contributed by atoms with Gasteiger partial charge in [0.25, 0.3) is 0 Å². The van der Waals surface area contributed by atoms with Gasteiger partial charge in [0.1, 0.15) is 24.6 Å². The second kappa shape index (κ2) is 10.4. The summed E-state index contributed by atoms with van der Waals surface area (Å²) < 4.78 is 58.8. The number of aromatic nitrogens is 3. The molecular formula is C12H18N7O12P3. The number of azide groups is 1. The van der Waals surface area contributed by atoms with Crippen molar-refractivity contribution >= 4 is 40.3 Å². The predicted molar refractivity (Wildman–Crippen MR) is 109 cm³/mol. The van der Waals surface area contributed by atoms with Crippen molar-refractivity contribution in [2.45, 2.75) is 24.9 Å². The van der Waals surface area contributed by atoms with Crippen LogP contribution in [-0.2, 0) is 36.3 Å². The van der Waals surface area contributed by atoms with E-state index in [9.17, 15) is 23.5 Å². The minimum absolute atomic E-state index is 0.104. The van der Waals surface area contributed by atoms with Gasteiger partial charge in [0.2, 0.25) is 0 Å². The number of phosphoric ester groups is 1. The maximum atomic E-state index is 12.0. The maximum absolute atomic E-state index is 12.0. The normalized spacial score (nSPS) is 24.4. The maximum Gasteiger partial charge on any atom is 0.490 e. The number of fused-ring (bicyclic) bond motifs is 1. The van der Waals surface area contributed by atoms with E-state index >= 15 is 0 Å². The molecule has 5 unspecified atom stereocenters. The summed E-state index contributed by atoms with van der Waals surface area (Å²) in [6.07, 6.45) is 0.183. The van der Waals surface area contributed by atoms with E-state index in [1.165, 1.54) is 17.1 Å². The molecular weight excluding hydrogens is 527 g/mol. The lowest BCUT2D eigenvalue weighted by molar-refractivity contribution is -0.0583. The highest BCUT2D eigenvalue weighted by Crippen LogP contribution is 2.66. The number of hydrogen-bond acceptors (Lipinski definition) is 12. The molecule has 0 aromatic carbocycles. The van der Waals surface area contributed by atoms with Crippen LogP contribution < -0.4 is 5.73 Å². The van der Waals surface area contributed by atoms with Gasteiger partial charge in [0.05, 0.1) is 24.7 Å². The molecule has 2 aromatic rings. The van der Waals surface area contributed by atoms with Gasteiger partial charge in [-0.15, -0.1) is 0 Å². The van der Waals surface area contributed by atoms with Crippen LogP contribution in [0, 0.1) is 0 Å². The number of ether oxygens (including phenoxy) is 2. The van der Waals surface area contributed by atoms with E-state index in [1.54, 1.807) is 6.07 Å². The van der Waals surface area contributed by atoms with E-state index in [0.717, 1.165) is 0 Å². The number of nitrogen functional groups attached to an aromatic ring is 1. The lowest BCUT2D eigenvalue weighted by atomic mass is 10.2. The molecule has 3 rings (SSSR count). The Morgan fingerprint density at radius 3 is 2.65 bits per heavy atom. The van der Waals surface area contributed by atoms with Gasteiger partial charge in [0, 0.05) is 17.5 Å². The second-order valence-electron chi connectivity index (χ2n) is 6.54. The van der Waals surface area contributed by atoms with Crippen molar-refractivity contribution < 1.29 is 55.9 Å². The van der Waals surface area contributed by atoms with Crippen molar-refractivity contribution in [3.05, 3.63) is 29.0 Å². The average molecular weight is 545 g/mol. The number of nitrogens with zero attached hydrogens (tertiary/aromatic N) is 6. The van der Waals surface area contributed by atoms with E-state index in [1.807, 2.05) is 0 Å². The fourth-order valence-corrected chi connectivity index (χ4v) is 6.02. The van der Waals surface area contributed by atoms with Crippen molar-refractivity contribution in [2.24, 2.45) is 5.11 Å². The fourth-order valence-electron chi connectivity index (χ4n) is 2.99. The Labute approximate surface area is 189 Å². The standard InChI is InChI=1S/C12H18N7O12P3/c13-7-1-2-15-12-11(7)16-5-19(12)10-3-8(27-6-17-18-14)9(29-10)4-28-33(23,24)31-34(25,26)30-32(20,21)22/h1-2,5,8-10H,3-4,6H2,(H2,13,15)(H,23,24)(H,25,26)(H2,20,21,22). The third-order valence-electron chi connectivity index (χ3n) is 4.21. The van der Waals surface area contributed by atoms with Gasteiger partial charge < -0.3 is 34.8 Å². The van der Waals surface area contributed by atoms with Crippen molar-refractivity contribution in [3.63, 3.8) is 0 Å².